The third kappa shape index (κ3) is 4.21. The van der Waals surface area contributed by atoms with Crippen LogP contribution in [-0.4, -0.2) is 33.9 Å². The smallest absolute Gasteiger partial charge is 0.322 e. The molecule has 1 aliphatic rings. The van der Waals surface area contributed by atoms with E-state index in [1.54, 1.807) is 53.2 Å². The Morgan fingerprint density at radius 3 is 2.84 bits per heavy atom. The highest BCUT2D eigenvalue weighted by Crippen LogP contribution is 2.30. The standard InChI is InChI=1S/C23H22FN5O2/c1-15(19-6-4-5-7-20(19)24)27-23(30)29-10-11-31-22-21(29)12-17(13-25-22)8-9-18-14-26-28(3)16(18)2/h4-7,12-15H,10-11H2,1-3H3,(H,27,30)/t15-/m0/s1. The Labute approximate surface area is 179 Å². The molecular weight excluding hydrogens is 397 g/mol. The number of amides is 2. The molecule has 1 N–H and O–H groups in total. The summed E-state index contributed by atoms with van der Waals surface area (Å²) in [5, 5.41) is 7.04. The van der Waals surface area contributed by atoms with E-state index in [1.165, 1.54) is 6.07 Å². The second-order valence-electron chi connectivity index (χ2n) is 7.26. The number of hydrogen-bond acceptors (Lipinski definition) is 4. The summed E-state index contributed by atoms with van der Waals surface area (Å²) in [6, 6.07) is 7.31. The fourth-order valence-corrected chi connectivity index (χ4v) is 3.31. The number of fused-ring (bicyclic) bond motifs is 1. The van der Waals surface area contributed by atoms with Gasteiger partial charge in [-0.2, -0.15) is 5.10 Å². The zero-order valence-corrected chi connectivity index (χ0v) is 17.5. The summed E-state index contributed by atoms with van der Waals surface area (Å²) in [5.74, 6) is 6.16. The van der Waals surface area contributed by atoms with E-state index in [0.29, 0.717) is 35.8 Å². The first kappa shape index (κ1) is 20.4. The lowest BCUT2D eigenvalue weighted by Crippen LogP contribution is -2.45. The predicted molar refractivity (Wildman–Crippen MR) is 114 cm³/mol. The van der Waals surface area contributed by atoms with Gasteiger partial charge in [-0.3, -0.25) is 9.58 Å². The van der Waals surface area contributed by atoms with Gasteiger partial charge in [-0.05, 0) is 26.0 Å². The molecule has 158 valence electrons. The second-order valence-corrected chi connectivity index (χ2v) is 7.26. The summed E-state index contributed by atoms with van der Waals surface area (Å²) in [6.45, 7) is 4.36. The topological polar surface area (TPSA) is 72.3 Å². The largest absolute Gasteiger partial charge is 0.474 e. The molecule has 0 bridgehead atoms. The molecule has 1 aromatic carbocycles. The molecule has 1 atom stereocenters. The summed E-state index contributed by atoms with van der Waals surface area (Å²) in [6.07, 6.45) is 3.32. The third-order valence-electron chi connectivity index (χ3n) is 5.21. The molecule has 4 rings (SSSR count). The van der Waals surface area contributed by atoms with E-state index >= 15 is 0 Å². The maximum Gasteiger partial charge on any atom is 0.322 e. The van der Waals surface area contributed by atoms with Crippen molar-refractivity contribution in [3.63, 3.8) is 0 Å². The maximum absolute atomic E-state index is 14.1. The summed E-state index contributed by atoms with van der Waals surface area (Å²) >= 11 is 0. The highest BCUT2D eigenvalue weighted by atomic mass is 19.1. The number of benzene rings is 1. The van der Waals surface area contributed by atoms with Crippen LogP contribution >= 0.6 is 0 Å². The first-order valence-corrected chi connectivity index (χ1v) is 9.90. The number of pyridine rings is 1. The molecule has 0 saturated heterocycles. The molecule has 0 spiro atoms. The Morgan fingerprint density at radius 2 is 2.10 bits per heavy atom. The number of carbonyl (C=O) groups excluding carboxylic acids is 1. The highest BCUT2D eigenvalue weighted by molar-refractivity contribution is 5.94. The summed E-state index contributed by atoms with van der Waals surface area (Å²) < 4.78 is 21.4. The van der Waals surface area contributed by atoms with Gasteiger partial charge in [0.15, 0.2) is 0 Å². The number of carbonyl (C=O) groups is 1. The zero-order chi connectivity index (χ0) is 22.0. The van der Waals surface area contributed by atoms with Gasteiger partial charge in [0.25, 0.3) is 0 Å². The number of halogens is 1. The van der Waals surface area contributed by atoms with Crippen molar-refractivity contribution in [2.24, 2.45) is 7.05 Å². The van der Waals surface area contributed by atoms with Crippen molar-refractivity contribution < 1.29 is 13.9 Å². The number of rotatable bonds is 2. The van der Waals surface area contributed by atoms with Crippen LogP contribution in [0, 0.1) is 24.6 Å². The van der Waals surface area contributed by atoms with Crippen molar-refractivity contribution in [3.8, 4) is 17.7 Å². The predicted octanol–water partition coefficient (Wildman–Crippen LogP) is 3.33. The molecule has 0 fully saturated rings. The third-order valence-corrected chi connectivity index (χ3v) is 5.21. The van der Waals surface area contributed by atoms with Crippen LogP contribution in [0.5, 0.6) is 5.88 Å². The molecule has 0 aliphatic carbocycles. The molecule has 3 aromatic rings. The van der Waals surface area contributed by atoms with E-state index in [2.05, 4.69) is 27.2 Å². The quantitative estimate of drug-likeness (QED) is 0.647. The summed E-state index contributed by atoms with van der Waals surface area (Å²) in [7, 11) is 1.86. The molecule has 31 heavy (non-hydrogen) atoms. The van der Waals surface area contributed by atoms with E-state index < -0.39 is 6.04 Å². The number of aryl methyl sites for hydroxylation is 1. The van der Waals surface area contributed by atoms with Gasteiger partial charge in [0.1, 0.15) is 18.1 Å². The van der Waals surface area contributed by atoms with Crippen molar-refractivity contribution in [3.05, 3.63) is 70.9 Å². The first-order chi connectivity index (χ1) is 14.9. The van der Waals surface area contributed by atoms with E-state index in [1.807, 2.05) is 14.0 Å². The van der Waals surface area contributed by atoms with Crippen molar-refractivity contribution in [2.75, 3.05) is 18.1 Å². The number of nitrogens with one attached hydrogen (secondary N) is 1. The Bertz CT molecular complexity index is 1190. The molecule has 2 aromatic heterocycles. The van der Waals surface area contributed by atoms with Gasteiger partial charge in [-0.25, -0.2) is 14.2 Å². The van der Waals surface area contributed by atoms with Crippen LogP contribution in [0.3, 0.4) is 0 Å². The molecule has 0 saturated carbocycles. The van der Waals surface area contributed by atoms with Crippen molar-refractivity contribution in [1.82, 2.24) is 20.1 Å². The lowest BCUT2D eigenvalue weighted by atomic mass is 10.1. The number of ether oxygens (including phenoxy) is 1. The molecule has 1 aliphatic heterocycles. The van der Waals surface area contributed by atoms with Gasteiger partial charge in [0.05, 0.1) is 30.0 Å². The number of urea groups is 1. The Balaban J connectivity index is 1.57. The number of hydrogen-bond donors (Lipinski definition) is 1. The van der Waals surface area contributed by atoms with E-state index in [-0.39, 0.29) is 11.8 Å². The SMILES string of the molecule is Cc1c(C#Cc2cnc3c(c2)N(C(=O)N[C@@H](C)c2ccccc2F)CCO3)cnn1C. The Kier molecular flexibility index (Phi) is 5.58. The van der Waals surface area contributed by atoms with Gasteiger partial charge in [-0.15, -0.1) is 0 Å². The van der Waals surface area contributed by atoms with Crippen molar-refractivity contribution in [1.29, 1.82) is 0 Å². The fourth-order valence-electron chi connectivity index (χ4n) is 3.31. The molecular formula is C23H22FN5O2. The maximum atomic E-state index is 14.1. The molecule has 3 heterocycles. The Morgan fingerprint density at radius 1 is 1.29 bits per heavy atom. The monoisotopic (exact) mass is 419 g/mol. The second kappa shape index (κ2) is 8.48. The number of anilines is 1. The molecule has 8 heteroatoms. The zero-order valence-electron chi connectivity index (χ0n) is 17.5. The van der Waals surface area contributed by atoms with Crippen LogP contribution in [0.1, 0.15) is 35.3 Å². The van der Waals surface area contributed by atoms with Crippen LogP contribution < -0.4 is 15.0 Å². The molecule has 2 amide bonds. The number of nitrogens with zero attached hydrogens (tertiary/aromatic N) is 4. The molecule has 0 unspecified atom stereocenters. The summed E-state index contributed by atoms with van der Waals surface area (Å²) in [4.78, 5) is 18.8. The summed E-state index contributed by atoms with van der Waals surface area (Å²) in [5.41, 5.74) is 3.38. The van der Waals surface area contributed by atoms with Crippen molar-refractivity contribution in [2.45, 2.75) is 19.9 Å². The van der Waals surface area contributed by atoms with E-state index in [9.17, 15) is 9.18 Å². The van der Waals surface area contributed by atoms with Crippen LogP contribution in [0.15, 0.2) is 42.7 Å². The molecule has 7 nitrogen and oxygen atoms in total. The van der Waals surface area contributed by atoms with Gasteiger partial charge < -0.3 is 10.1 Å². The van der Waals surface area contributed by atoms with Gasteiger partial charge in [0.2, 0.25) is 5.88 Å². The van der Waals surface area contributed by atoms with Gasteiger partial charge in [-0.1, -0.05) is 30.0 Å². The highest BCUT2D eigenvalue weighted by Gasteiger charge is 2.26. The van der Waals surface area contributed by atoms with Crippen LogP contribution in [-0.2, 0) is 7.05 Å². The van der Waals surface area contributed by atoms with Crippen LogP contribution in [0.2, 0.25) is 0 Å². The van der Waals surface area contributed by atoms with Crippen LogP contribution in [0.4, 0.5) is 14.9 Å². The lowest BCUT2D eigenvalue weighted by molar-refractivity contribution is 0.235. The Hall–Kier alpha value is -3.86. The van der Waals surface area contributed by atoms with E-state index in [4.69, 9.17) is 4.74 Å². The first-order valence-electron chi connectivity index (χ1n) is 9.90. The van der Waals surface area contributed by atoms with Gasteiger partial charge in [0, 0.05) is 24.4 Å². The van der Waals surface area contributed by atoms with Crippen LogP contribution in [0.25, 0.3) is 0 Å². The lowest BCUT2D eigenvalue weighted by Gasteiger charge is -2.30. The normalized spacial score (nSPS) is 13.5. The average Bonchev–Trinajstić information content (AvgIpc) is 3.09. The minimum atomic E-state index is -0.496. The fraction of sp³-hybridized carbons (Fsp3) is 0.261. The van der Waals surface area contributed by atoms with Gasteiger partial charge >= 0.3 is 6.03 Å². The van der Waals surface area contributed by atoms with E-state index in [0.717, 1.165) is 11.3 Å². The molecule has 0 radical (unpaired) electrons. The minimum absolute atomic E-state index is 0.321. The average molecular weight is 419 g/mol. The van der Waals surface area contributed by atoms with Crippen molar-refractivity contribution >= 4 is 11.7 Å². The minimum Gasteiger partial charge on any atom is -0.474 e. The number of aromatic nitrogens is 3.